The summed E-state index contributed by atoms with van der Waals surface area (Å²) in [7, 11) is 0. The van der Waals surface area contributed by atoms with E-state index in [9.17, 15) is 0 Å². The number of rotatable bonds is 3. The Morgan fingerprint density at radius 2 is 2.20 bits per heavy atom. The van der Waals surface area contributed by atoms with Gasteiger partial charge in [0.05, 0.1) is 0 Å². The third-order valence-electron chi connectivity index (χ3n) is 3.21. The summed E-state index contributed by atoms with van der Waals surface area (Å²) < 4.78 is 6.64. The number of nitrogens with two attached hydrogens (primary N) is 1. The van der Waals surface area contributed by atoms with Crippen molar-refractivity contribution in [2.24, 2.45) is 11.1 Å². The third kappa shape index (κ3) is 2.61. The molecule has 0 bridgehead atoms. The van der Waals surface area contributed by atoms with E-state index in [2.05, 4.69) is 27.4 Å². The molecule has 2 nitrogen and oxygen atoms in total. The summed E-state index contributed by atoms with van der Waals surface area (Å²) in [4.78, 5) is 1.42. The molecule has 0 aliphatic carbocycles. The minimum atomic E-state index is 0.269. The molecule has 0 saturated carbocycles. The highest BCUT2D eigenvalue weighted by molar-refractivity contribution is 9.10. The van der Waals surface area contributed by atoms with E-state index in [0.29, 0.717) is 0 Å². The summed E-state index contributed by atoms with van der Waals surface area (Å²) >= 11 is 5.40. The van der Waals surface area contributed by atoms with Crippen LogP contribution in [0.3, 0.4) is 0 Å². The Kier molecular flexibility index (Phi) is 3.83. The van der Waals surface area contributed by atoms with E-state index >= 15 is 0 Å². The van der Waals surface area contributed by atoms with E-state index in [0.717, 1.165) is 39.0 Å². The number of hydrogen-bond acceptors (Lipinski definition) is 3. The van der Waals surface area contributed by atoms with Crippen molar-refractivity contribution in [1.29, 1.82) is 0 Å². The van der Waals surface area contributed by atoms with Crippen molar-refractivity contribution in [3.8, 4) is 0 Å². The van der Waals surface area contributed by atoms with Crippen molar-refractivity contribution in [2.45, 2.75) is 19.3 Å². The fraction of sp³-hybridized carbons (Fsp3) is 0.636. The monoisotopic (exact) mass is 289 g/mol. The van der Waals surface area contributed by atoms with Crippen molar-refractivity contribution in [3.05, 3.63) is 20.8 Å². The molecule has 0 unspecified atom stereocenters. The summed E-state index contributed by atoms with van der Waals surface area (Å²) in [5, 5.41) is 2.13. The van der Waals surface area contributed by atoms with Crippen LogP contribution in [0, 0.1) is 5.41 Å². The second kappa shape index (κ2) is 4.95. The second-order valence-electron chi connectivity index (χ2n) is 4.18. The third-order valence-corrected chi connectivity index (χ3v) is 5.14. The zero-order valence-electron chi connectivity index (χ0n) is 8.67. The molecule has 84 valence electrons. The number of halogens is 1. The van der Waals surface area contributed by atoms with Crippen molar-refractivity contribution >= 4 is 27.3 Å². The Hall–Kier alpha value is 0.1000. The van der Waals surface area contributed by atoms with Gasteiger partial charge in [0.25, 0.3) is 0 Å². The molecular weight excluding hydrogens is 274 g/mol. The molecule has 1 aromatic heterocycles. The van der Waals surface area contributed by atoms with Crippen molar-refractivity contribution in [1.82, 2.24) is 0 Å². The maximum atomic E-state index is 5.94. The van der Waals surface area contributed by atoms with Gasteiger partial charge in [-0.3, -0.25) is 0 Å². The van der Waals surface area contributed by atoms with Crippen LogP contribution in [0.1, 0.15) is 17.7 Å². The average Bonchev–Trinajstić information content (AvgIpc) is 2.66. The van der Waals surface area contributed by atoms with Crippen molar-refractivity contribution in [3.63, 3.8) is 0 Å². The van der Waals surface area contributed by atoms with Gasteiger partial charge in [0.1, 0.15) is 0 Å². The highest BCUT2D eigenvalue weighted by Gasteiger charge is 2.32. The topological polar surface area (TPSA) is 35.2 Å². The van der Waals surface area contributed by atoms with Gasteiger partial charge in [-0.05, 0) is 58.6 Å². The SMILES string of the molecule is NCC1(Cc2sccc2Br)CCOCC1. The van der Waals surface area contributed by atoms with Gasteiger partial charge < -0.3 is 10.5 Å². The summed E-state index contributed by atoms with van der Waals surface area (Å²) in [6.45, 7) is 2.49. The predicted molar refractivity (Wildman–Crippen MR) is 67.3 cm³/mol. The van der Waals surface area contributed by atoms with Crippen LogP contribution in [-0.4, -0.2) is 19.8 Å². The van der Waals surface area contributed by atoms with Crippen LogP contribution in [0.15, 0.2) is 15.9 Å². The Balaban J connectivity index is 2.10. The Morgan fingerprint density at radius 1 is 1.47 bits per heavy atom. The first-order valence-corrected chi connectivity index (χ1v) is 6.93. The lowest BCUT2D eigenvalue weighted by Gasteiger charge is -2.36. The maximum absolute atomic E-state index is 5.94. The molecule has 0 radical (unpaired) electrons. The molecule has 1 aliphatic heterocycles. The fourth-order valence-electron chi connectivity index (χ4n) is 2.05. The number of ether oxygens (including phenoxy) is 1. The van der Waals surface area contributed by atoms with Crippen LogP contribution in [0.4, 0.5) is 0 Å². The van der Waals surface area contributed by atoms with Crippen LogP contribution < -0.4 is 5.73 Å². The van der Waals surface area contributed by atoms with E-state index in [1.54, 1.807) is 0 Å². The molecule has 15 heavy (non-hydrogen) atoms. The summed E-state index contributed by atoms with van der Waals surface area (Å²) in [6.07, 6.45) is 3.27. The van der Waals surface area contributed by atoms with E-state index < -0.39 is 0 Å². The van der Waals surface area contributed by atoms with Crippen LogP contribution in [0.5, 0.6) is 0 Å². The molecule has 1 fully saturated rings. The van der Waals surface area contributed by atoms with E-state index in [1.807, 2.05) is 11.3 Å². The molecule has 2 heterocycles. The highest BCUT2D eigenvalue weighted by atomic mass is 79.9. The molecule has 1 aromatic rings. The molecule has 4 heteroatoms. The standard InChI is InChI=1S/C11H16BrNOS/c12-9-1-6-15-10(9)7-11(8-13)2-4-14-5-3-11/h1,6H,2-5,7-8,13H2. The van der Waals surface area contributed by atoms with Gasteiger partial charge in [-0.15, -0.1) is 11.3 Å². The molecule has 1 saturated heterocycles. The first-order chi connectivity index (χ1) is 7.26. The van der Waals surface area contributed by atoms with Crippen LogP contribution in [-0.2, 0) is 11.2 Å². The minimum absolute atomic E-state index is 0.269. The van der Waals surface area contributed by atoms with Crippen LogP contribution >= 0.6 is 27.3 Å². The zero-order valence-corrected chi connectivity index (χ0v) is 11.1. The van der Waals surface area contributed by atoms with Crippen LogP contribution in [0.25, 0.3) is 0 Å². The predicted octanol–water partition coefficient (Wildman–Crippen LogP) is 2.81. The van der Waals surface area contributed by atoms with Gasteiger partial charge in [0.15, 0.2) is 0 Å². The first kappa shape index (κ1) is 11.6. The smallest absolute Gasteiger partial charge is 0.0471 e. The molecule has 0 atom stereocenters. The Morgan fingerprint density at radius 3 is 2.73 bits per heavy atom. The van der Waals surface area contributed by atoms with Gasteiger partial charge in [-0.25, -0.2) is 0 Å². The zero-order chi connectivity index (χ0) is 10.7. The average molecular weight is 290 g/mol. The van der Waals surface area contributed by atoms with Gasteiger partial charge in [-0.1, -0.05) is 0 Å². The highest BCUT2D eigenvalue weighted by Crippen LogP contribution is 2.37. The quantitative estimate of drug-likeness (QED) is 0.929. The molecule has 1 aliphatic rings. The van der Waals surface area contributed by atoms with Gasteiger partial charge in [0, 0.05) is 22.6 Å². The van der Waals surface area contributed by atoms with Gasteiger partial charge in [0.2, 0.25) is 0 Å². The maximum Gasteiger partial charge on any atom is 0.0471 e. The minimum Gasteiger partial charge on any atom is -0.381 e. The number of thiophene rings is 1. The molecule has 0 spiro atoms. The summed E-state index contributed by atoms with van der Waals surface area (Å²) in [5.74, 6) is 0. The summed E-state index contributed by atoms with van der Waals surface area (Å²) in [6, 6.07) is 2.11. The van der Waals surface area contributed by atoms with Crippen molar-refractivity contribution < 1.29 is 4.74 Å². The van der Waals surface area contributed by atoms with E-state index in [-0.39, 0.29) is 5.41 Å². The van der Waals surface area contributed by atoms with Crippen molar-refractivity contribution in [2.75, 3.05) is 19.8 Å². The van der Waals surface area contributed by atoms with Crippen LogP contribution in [0.2, 0.25) is 0 Å². The van der Waals surface area contributed by atoms with Gasteiger partial charge in [-0.2, -0.15) is 0 Å². The lowest BCUT2D eigenvalue weighted by molar-refractivity contribution is 0.0194. The Bertz CT molecular complexity index is 320. The second-order valence-corrected chi connectivity index (χ2v) is 6.04. The molecule has 0 aromatic carbocycles. The largest absolute Gasteiger partial charge is 0.381 e. The molecule has 2 N–H and O–H groups in total. The fourth-order valence-corrected chi connectivity index (χ4v) is 3.72. The van der Waals surface area contributed by atoms with E-state index in [1.165, 1.54) is 9.35 Å². The molecule has 2 rings (SSSR count). The van der Waals surface area contributed by atoms with Gasteiger partial charge >= 0.3 is 0 Å². The lowest BCUT2D eigenvalue weighted by atomic mass is 9.77. The number of hydrogen-bond donors (Lipinski definition) is 1. The Labute approximate surface area is 103 Å². The lowest BCUT2D eigenvalue weighted by Crippen LogP contribution is -2.38. The first-order valence-electron chi connectivity index (χ1n) is 5.25. The van der Waals surface area contributed by atoms with E-state index in [4.69, 9.17) is 10.5 Å². The summed E-state index contributed by atoms with van der Waals surface area (Å²) in [5.41, 5.74) is 6.21. The molecule has 0 amide bonds. The molecular formula is C11H16BrNOS. The normalized spacial score (nSPS) is 20.4.